The van der Waals surface area contributed by atoms with E-state index in [9.17, 15) is 14.4 Å². The van der Waals surface area contributed by atoms with Crippen LogP contribution in [0.1, 0.15) is 103 Å². The normalized spacial score (nSPS) is 25.4. The number of carbonyl (C=O) groups excluding carboxylic acids is 3. The van der Waals surface area contributed by atoms with Crippen molar-refractivity contribution in [3.63, 3.8) is 0 Å². The van der Waals surface area contributed by atoms with Crippen molar-refractivity contribution in [2.45, 2.75) is 120 Å². The Hall–Kier alpha value is -1.56. The summed E-state index contributed by atoms with van der Waals surface area (Å²) >= 11 is 1.88. The lowest BCUT2D eigenvalue weighted by molar-refractivity contribution is -0.143. The first-order valence-electron chi connectivity index (χ1n) is 15.2. The highest BCUT2D eigenvalue weighted by atomic mass is 32.2. The zero-order valence-corrected chi connectivity index (χ0v) is 24.8. The average Bonchev–Trinajstić information content (AvgIpc) is 3.45. The van der Waals surface area contributed by atoms with Crippen molar-refractivity contribution in [3.05, 3.63) is 0 Å². The highest BCUT2D eigenvalue weighted by molar-refractivity contribution is 8.00. The fourth-order valence-corrected chi connectivity index (χ4v) is 7.11. The summed E-state index contributed by atoms with van der Waals surface area (Å²) in [5, 5.41) is 8.59. The molecular weight excluding hydrogens is 516 g/mol. The Bertz CT molecular complexity index is 770. The van der Waals surface area contributed by atoms with Gasteiger partial charge < -0.3 is 21.1 Å². The number of nitrogens with zero attached hydrogens (tertiary/aromatic N) is 1. The van der Waals surface area contributed by atoms with E-state index in [1.54, 1.807) is 0 Å². The molecule has 1 aliphatic carbocycles. The van der Waals surface area contributed by atoms with Crippen LogP contribution in [-0.2, 0) is 14.3 Å². The third-order valence-electron chi connectivity index (χ3n) is 8.35. The van der Waals surface area contributed by atoms with E-state index in [0.717, 1.165) is 89.0 Å². The maximum absolute atomic E-state index is 12.0. The van der Waals surface area contributed by atoms with Gasteiger partial charge in [0.15, 0.2) is 0 Å². The second kappa shape index (κ2) is 17.3. The number of urea groups is 1. The number of hydrogen-bond acceptors (Lipinski definition) is 8. The molecule has 224 valence electrons. The third-order valence-corrected chi connectivity index (χ3v) is 9.84. The van der Waals surface area contributed by atoms with Crippen molar-refractivity contribution in [2.24, 2.45) is 11.7 Å². The SMILES string of the molecule is CC1(C2CCC2)CN(CCCCCC(=O)OCCCCCNC(=O)CCCC[C@@H]2C[C@@H](NC(N)=O)CS2)NN1. The summed E-state index contributed by atoms with van der Waals surface area (Å²) in [6.07, 6.45) is 14.7. The molecule has 3 rings (SSSR count). The molecule has 10 nitrogen and oxygen atoms in total. The fourth-order valence-electron chi connectivity index (χ4n) is 5.69. The number of thioether (sulfide) groups is 1. The molecule has 0 bridgehead atoms. The van der Waals surface area contributed by atoms with Gasteiger partial charge >= 0.3 is 12.0 Å². The van der Waals surface area contributed by atoms with Gasteiger partial charge in [0.05, 0.1) is 6.61 Å². The molecule has 0 aromatic heterocycles. The second-order valence-electron chi connectivity index (χ2n) is 11.8. The van der Waals surface area contributed by atoms with E-state index >= 15 is 0 Å². The maximum atomic E-state index is 12.0. The fraction of sp³-hybridized carbons (Fsp3) is 0.893. The highest BCUT2D eigenvalue weighted by Crippen LogP contribution is 2.37. The number of unbranched alkanes of at least 4 members (excludes halogenated alkanes) is 5. The number of ether oxygens (including phenoxy) is 1. The highest BCUT2D eigenvalue weighted by Gasteiger charge is 2.42. The molecule has 11 heteroatoms. The van der Waals surface area contributed by atoms with Crippen molar-refractivity contribution < 1.29 is 19.1 Å². The van der Waals surface area contributed by atoms with Crippen LogP contribution in [-0.4, -0.2) is 71.7 Å². The lowest BCUT2D eigenvalue weighted by Gasteiger charge is -2.39. The molecule has 0 aromatic rings. The standard InChI is InChI=1S/C28H52N6O4S/c1-28(22-11-10-12-22)21-34(33-32-28)17-8-2-4-15-26(36)38-18-9-3-7-16-30-25(35)14-6-5-13-24-19-23(20-39-24)31-27(29)37/h22-24,32-33H,2-21H2,1H3,(H,30,35)(H3,29,31,37)/t23-,24-,28?/m1/s1. The molecule has 0 spiro atoms. The van der Waals surface area contributed by atoms with Gasteiger partial charge in [0.1, 0.15) is 0 Å². The number of hydrazine groups is 2. The van der Waals surface area contributed by atoms with Gasteiger partial charge in [-0.15, -0.1) is 0 Å². The summed E-state index contributed by atoms with van der Waals surface area (Å²) in [6, 6.07) is -0.265. The average molecular weight is 569 g/mol. The minimum Gasteiger partial charge on any atom is -0.466 e. The van der Waals surface area contributed by atoms with Crippen molar-refractivity contribution in [2.75, 3.05) is 32.0 Å². The second-order valence-corrected chi connectivity index (χ2v) is 13.1. The molecule has 2 heterocycles. The lowest BCUT2D eigenvalue weighted by Crippen LogP contribution is -2.51. The predicted molar refractivity (Wildman–Crippen MR) is 156 cm³/mol. The number of carbonyl (C=O) groups is 3. The van der Waals surface area contributed by atoms with Crippen LogP contribution in [0.2, 0.25) is 0 Å². The summed E-state index contributed by atoms with van der Waals surface area (Å²) in [7, 11) is 0. The van der Waals surface area contributed by atoms with Crippen LogP contribution >= 0.6 is 11.8 Å². The molecule has 0 radical (unpaired) electrons. The predicted octanol–water partition coefficient (Wildman–Crippen LogP) is 3.36. The van der Waals surface area contributed by atoms with E-state index in [2.05, 4.69) is 33.5 Å². The quantitative estimate of drug-likeness (QED) is 0.118. The van der Waals surface area contributed by atoms with E-state index in [0.29, 0.717) is 31.2 Å². The van der Waals surface area contributed by atoms with Crippen molar-refractivity contribution in [3.8, 4) is 0 Å². The Kier molecular flexibility index (Phi) is 14.2. The van der Waals surface area contributed by atoms with E-state index in [-0.39, 0.29) is 23.5 Å². The monoisotopic (exact) mass is 568 g/mol. The molecule has 2 aliphatic heterocycles. The summed E-state index contributed by atoms with van der Waals surface area (Å²) in [4.78, 5) is 34.9. The van der Waals surface area contributed by atoms with Crippen LogP contribution in [0.25, 0.3) is 0 Å². The van der Waals surface area contributed by atoms with Gasteiger partial charge in [-0.3, -0.25) is 9.59 Å². The molecule has 3 atom stereocenters. The van der Waals surface area contributed by atoms with Crippen molar-refractivity contribution in [1.29, 1.82) is 0 Å². The zero-order valence-electron chi connectivity index (χ0n) is 23.9. The first-order valence-corrected chi connectivity index (χ1v) is 16.3. The smallest absolute Gasteiger partial charge is 0.312 e. The molecular formula is C28H52N6O4S. The lowest BCUT2D eigenvalue weighted by atomic mass is 9.72. The molecule has 2 saturated heterocycles. The van der Waals surface area contributed by atoms with E-state index < -0.39 is 6.03 Å². The molecule has 3 aliphatic rings. The van der Waals surface area contributed by atoms with Crippen LogP contribution in [0.15, 0.2) is 0 Å². The van der Waals surface area contributed by atoms with Gasteiger partial charge in [-0.05, 0) is 77.0 Å². The number of esters is 1. The molecule has 1 saturated carbocycles. The van der Waals surface area contributed by atoms with Crippen LogP contribution < -0.4 is 27.3 Å². The van der Waals surface area contributed by atoms with Gasteiger partial charge in [0, 0.05) is 55.1 Å². The van der Waals surface area contributed by atoms with Crippen LogP contribution in [0.3, 0.4) is 0 Å². The Balaban J connectivity index is 1.04. The van der Waals surface area contributed by atoms with Crippen LogP contribution in [0, 0.1) is 5.92 Å². The molecule has 3 fully saturated rings. The maximum Gasteiger partial charge on any atom is 0.312 e. The minimum absolute atomic E-state index is 0.0996. The Labute approximate surface area is 239 Å². The molecule has 0 aromatic carbocycles. The topological polar surface area (TPSA) is 138 Å². The number of nitrogens with two attached hydrogens (primary N) is 1. The van der Waals surface area contributed by atoms with Gasteiger partial charge in [-0.25, -0.2) is 15.2 Å². The Morgan fingerprint density at radius 2 is 1.85 bits per heavy atom. The van der Waals surface area contributed by atoms with E-state index in [4.69, 9.17) is 10.5 Å². The van der Waals surface area contributed by atoms with Gasteiger partial charge in [-0.2, -0.15) is 17.3 Å². The Morgan fingerprint density at radius 3 is 2.62 bits per heavy atom. The van der Waals surface area contributed by atoms with Gasteiger partial charge in [0.25, 0.3) is 0 Å². The summed E-state index contributed by atoms with van der Waals surface area (Å²) < 4.78 is 5.37. The van der Waals surface area contributed by atoms with Gasteiger partial charge in [-0.1, -0.05) is 19.3 Å². The summed E-state index contributed by atoms with van der Waals surface area (Å²) in [5.41, 5.74) is 12.2. The minimum atomic E-state index is -0.449. The van der Waals surface area contributed by atoms with Crippen LogP contribution in [0.4, 0.5) is 4.79 Å². The number of nitrogens with one attached hydrogen (secondary N) is 4. The molecule has 3 amide bonds. The number of rotatable bonds is 19. The molecule has 1 unspecified atom stereocenters. The first kappa shape index (κ1) is 32.0. The van der Waals surface area contributed by atoms with E-state index in [1.807, 2.05) is 11.8 Å². The third kappa shape index (κ3) is 12.2. The van der Waals surface area contributed by atoms with Crippen molar-refractivity contribution >= 4 is 29.7 Å². The number of primary amides is 1. The number of hydrogen-bond donors (Lipinski definition) is 5. The molecule has 39 heavy (non-hydrogen) atoms. The summed E-state index contributed by atoms with van der Waals surface area (Å²) in [6.45, 7) is 5.50. The summed E-state index contributed by atoms with van der Waals surface area (Å²) in [5.74, 6) is 1.72. The molecule has 6 N–H and O–H groups in total. The van der Waals surface area contributed by atoms with E-state index in [1.165, 1.54) is 19.3 Å². The van der Waals surface area contributed by atoms with Crippen LogP contribution in [0.5, 0.6) is 0 Å². The Morgan fingerprint density at radius 1 is 1.05 bits per heavy atom. The van der Waals surface area contributed by atoms with Crippen molar-refractivity contribution in [1.82, 2.24) is 26.6 Å². The zero-order chi connectivity index (χ0) is 27.9. The van der Waals surface area contributed by atoms with Gasteiger partial charge in [0.2, 0.25) is 5.91 Å². The first-order chi connectivity index (χ1) is 18.8. The largest absolute Gasteiger partial charge is 0.466 e. The number of amides is 3.